The molecule has 3 rings (SSSR count). The molecule has 0 radical (unpaired) electrons. The molecule has 6 unspecified atom stereocenters. The van der Waals surface area contributed by atoms with Crippen molar-refractivity contribution in [2.75, 3.05) is 20.0 Å². The van der Waals surface area contributed by atoms with E-state index in [-0.39, 0.29) is 6.10 Å². The molecule has 1 saturated carbocycles. The Hall–Kier alpha value is -0.560. The first-order valence-corrected chi connectivity index (χ1v) is 9.82. The Kier molecular flexibility index (Phi) is 7.16. The van der Waals surface area contributed by atoms with Crippen LogP contribution in [-0.4, -0.2) is 57.4 Å². The van der Waals surface area contributed by atoms with Gasteiger partial charge in [0.25, 0.3) is 0 Å². The van der Waals surface area contributed by atoms with Gasteiger partial charge in [0.15, 0.2) is 0 Å². The van der Waals surface area contributed by atoms with Crippen LogP contribution in [0.1, 0.15) is 31.0 Å². The number of nitrogens with zero attached hydrogens (tertiary/aromatic N) is 2. The minimum Gasteiger partial charge on any atom is -0.400 e. The Morgan fingerprint density at radius 3 is 2.71 bits per heavy atom. The summed E-state index contributed by atoms with van der Waals surface area (Å²) >= 11 is 1.95. The zero-order chi connectivity index (χ0) is 17.9. The highest BCUT2D eigenvalue weighted by atomic mass is 32.2. The molecule has 1 aliphatic heterocycles. The fourth-order valence-corrected chi connectivity index (χ4v) is 6.00. The molecule has 1 aliphatic carbocycles. The first-order chi connectivity index (χ1) is 11.5. The highest BCUT2D eigenvalue weighted by Crippen LogP contribution is 2.47. The van der Waals surface area contributed by atoms with E-state index in [1.54, 1.807) is 0 Å². The standard InChI is InChI=1S/C17H28N2O2S.CH4O/c1-10-12(7-13-9-18-19(3)11(13)2)8-14(20)17-16(10)15(21-4)5-6-22-17;1-2/h9-10,12,14-17,20H,5-8H2,1-4H3;2H,1H3. The molecule has 6 atom stereocenters. The van der Waals surface area contributed by atoms with Crippen molar-refractivity contribution in [3.63, 3.8) is 0 Å². The predicted molar refractivity (Wildman–Crippen MR) is 98.2 cm³/mol. The molecular weight excluding hydrogens is 324 g/mol. The minimum absolute atomic E-state index is 0.203. The van der Waals surface area contributed by atoms with Crippen molar-refractivity contribution in [1.29, 1.82) is 0 Å². The number of hydrogen-bond donors (Lipinski definition) is 2. The highest BCUT2D eigenvalue weighted by Gasteiger charge is 2.47. The van der Waals surface area contributed by atoms with Gasteiger partial charge in [-0.2, -0.15) is 16.9 Å². The van der Waals surface area contributed by atoms with Crippen LogP contribution in [0.3, 0.4) is 0 Å². The van der Waals surface area contributed by atoms with Crippen molar-refractivity contribution >= 4 is 11.8 Å². The average molecular weight is 357 g/mol. The number of fused-ring (bicyclic) bond motifs is 1. The van der Waals surface area contributed by atoms with E-state index in [0.717, 1.165) is 32.1 Å². The summed E-state index contributed by atoms with van der Waals surface area (Å²) in [6.07, 6.45) is 5.12. The first-order valence-electron chi connectivity index (χ1n) is 8.77. The van der Waals surface area contributed by atoms with Crippen LogP contribution < -0.4 is 0 Å². The van der Waals surface area contributed by atoms with Crippen LogP contribution in [0.5, 0.6) is 0 Å². The van der Waals surface area contributed by atoms with Gasteiger partial charge in [-0.1, -0.05) is 6.92 Å². The topological polar surface area (TPSA) is 67.5 Å². The van der Waals surface area contributed by atoms with Gasteiger partial charge in [-0.05, 0) is 49.3 Å². The second-order valence-electron chi connectivity index (χ2n) is 6.98. The number of aromatic nitrogens is 2. The number of thioether (sulfide) groups is 1. The monoisotopic (exact) mass is 356 g/mol. The number of methoxy groups -OCH3 is 1. The lowest BCUT2D eigenvalue weighted by atomic mass is 9.67. The van der Waals surface area contributed by atoms with E-state index in [9.17, 15) is 5.11 Å². The summed E-state index contributed by atoms with van der Waals surface area (Å²) in [6, 6.07) is 0. The molecular formula is C18H32N2O3S. The van der Waals surface area contributed by atoms with Gasteiger partial charge in [-0.25, -0.2) is 0 Å². The third-order valence-electron chi connectivity index (χ3n) is 5.92. The molecule has 2 fully saturated rings. The van der Waals surface area contributed by atoms with E-state index in [1.165, 1.54) is 11.3 Å². The van der Waals surface area contributed by atoms with E-state index in [2.05, 4.69) is 18.9 Å². The van der Waals surface area contributed by atoms with E-state index < -0.39 is 0 Å². The van der Waals surface area contributed by atoms with Gasteiger partial charge in [-0.15, -0.1) is 0 Å². The SMILES string of the molecule is CO.COC1CCSC2C(O)CC(Cc3cnn(C)c3C)C(C)C12. The number of ether oxygens (including phenoxy) is 1. The number of aryl methyl sites for hydroxylation is 1. The highest BCUT2D eigenvalue weighted by molar-refractivity contribution is 8.00. The molecule has 2 N–H and O–H groups in total. The molecule has 0 bridgehead atoms. The Bertz CT molecular complexity index is 522. The van der Waals surface area contributed by atoms with Crippen molar-refractivity contribution in [2.45, 2.75) is 50.6 Å². The smallest absolute Gasteiger partial charge is 0.0665 e. The summed E-state index contributed by atoms with van der Waals surface area (Å²) in [5.74, 6) is 2.66. The van der Waals surface area contributed by atoms with Crippen LogP contribution in [0, 0.1) is 24.7 Å². The normalized spacial score (nSPS) is 35.8. The maximum atomic E-state index is 10.7. The summed E-state index contributed by atoms with van der Waals surface area (Å²) < 4.78 is 7.71. The zero-order valence-electron chi connectivity index (χ0n) is 15.5. The number of aliphatic hydroxyl groups is 2. The summed E-state index contributed by atoms with van der Waals surface area (Å²) in [4.78, 5) is 0. The van der Waals surface area contributed by atoms with Crippen LogP contribution in [-0.2, 0) is 18.2 Å². The predicted octanol–water partition coefficient (Wildman–Crippen LogP) is 2.03. The molecule has 1 aromatic heterocycles. The lowest BCUT2D eigenvalue weighted by Gasteiger charge is -2.49. The number of rotatable bonds is 3. The van der Waals surface area contributed by atoms with Crippen molar-refractivity contribution in [3.8, 4) is 0 Å². The van der Waals surface area contributed by atoms with E-state index in [1.807, 2.05) is 36.8 Å². The van der Waals surface area contributed by atoms with Crippen LogP contribution in [0.25, 0.3) is 0 Å². The summed E-state index contributed by atoms with van der Waals surface area (Å²) in [7, 11) is 4.82. The van der Waals surface area contributed by atoms with Crippen molar-refractivity contribution in [2.24, 2.45) is 24.8 Å². The Balaban J connectivity index is 0.00000100. The minimum atomic E-state index is -0.203. The fourth-order valence-electron chi connectivity index (χ4n) is 4.39. The van der Waals surface area contributed by atoms with Gasteiger partial charge >= 0.3 is 0 Å². The quantitative estimate of drug-likeness (QED) is 0.867. The second kappa shape index (κ2) is 8.70. The lowest BCUT2D eigenvalue weighted by Crippen LogP contribution is -2.52. The summed E-state index contributed by atoms with van der Waals surface area (Å²) in [6.45, 7) is 4.49. The van der Waals surface area contributed by atoms with Crippen LogP contribution in [0.4, 0.5) is 0 Å². The fraction of sp³-hybridized carbons (Fsp3) is 0.833. The summed E-state index contributed by atoms with van der Waals surface area (Å²) in [5.41, 5.74) is 2.56. The molecule has 1 saturated heterocycles. The molecule has 1 aromatic rings. The zero-order valence-corrected chi connectivity index (χ0v) is 16.3. The van der Waals surface area contributed by atoms with Crippen LogP contribution in [0.15, 0.2) is 6.20 Å². The van der Waals surface area contributed by atoms with Crippen molar-refractivity contribution in [1.82, 2.24) is 9.78 Å². The molecule has 0 amide bonds. The molecule has 6 heteroatoms. The molecule has 0 spiro atoms. The van der Waals surface area contributed by atoms with Gasteiger partial charge in [0, 0.05) is 38.1 Å². The maximum absolute atomic E-state index is 10.7. The van der Waals surface area contributed by atoms with E-state index in [0.29, 0.717) is 29.1 Å². The average Bonchev–Trinajstić information content (AvgIpc) is 2.92. The third kappa shape index (κ3) is 3.82. The Labute approximate surface area is 149 Å². The third-order valence-corrected chi connectivity index (χ3v) is 7.40. The Morgan fingerprint density at radius 2 is 2.12 bits per heavy atom. The van der Waals surface area contributed by atoms with Crippen LogP contribution >= 0.6 is 11.8 Å². The number of aliphatic hydroxyl groups excluding tert-OH is 2. The maximum Gasteiger partial charge on any atom is 0.0665 e. The van der Waals surface area contributed by atoms with E-state index in [4.69, 9.17) is 9.84 Å². The van der Waals surface area contributed by atoms with Gasteiger partial charge in [0.05, 0.1) is 18.4 Å². The van der Waals surface area contributed by atoms with Gasteiger partial charge in [-0.3, -0.25) is 4.68 Å². The van der Waals surface area contributed by atoms with Gasteiger partial charge < -0.3 is 14.9 Å². The number of hydrogen-bond acceptors (Lipinski definition) is 5. The molecule has 2 heterocycles. The van der Waals surface area contributed by atoms with Crippen molar-refractivity contribution < 1.29 is 14.9 Å². The molecule has 5 nitrogen and oxygen atoms in total. The van der Waals surface area contributed by atoms with Gasteiger partial charge in [0.1, 0.15) is 0 Å². The molecule has 0 aromatic carbocycles. The summed E-state index contributed by atoms with van der Waals surface area (Å²) in [5, 5.41) is 22.4. The van der Waals surface area contributed by atoms with Crippen LogP contribution in [0.2, 0.25) is 0 Å². The molecule has 24 heavy (non-hydrogen) atoms. The van der Waals surface area contributed by atoms with Gasteiger partial charge in [0.2, 0.25) is 0 Å². The molecule has 138 valence electrons. The Morgan fingerprint density at radius 1 is 1.42 bits per heavy atom. The largest absolute Gasteiger partial charge is 0.400 e. The first kappa shape index (κ1) is 19.8. The van der Waals surface area contributed by atoms with E-state index >= 15 is 0 Å². The van der Waals surface area contributed by atoms with Crippen molar-refractivity contribution in [3.05, 3.63) is 17.5 Å². The lowest BCUT2D eigenvalue weighted by molar-refractivity contribution is -0.0435. The second-order valence-corrected chi connectivity index (χ2v) is 8.27. The molecule has 2 aliphatic rings.